The van der Waals surface area contributed by atoms with Gasteiger partial charge in [-0.2, -0.15) is 0 Å². The van der Waals surface area contributed by atoms with E-state index in [0.29, 0.717) is 49.5 Å². The van der Waals surface area contributed by atoms with Crippen molar-refractivity contribution in [3.63, 3.8) is 0 Å². The number of carbonyl (C=O) groups excluding carboxylic acids is 1. The first-order valence-corrected chi connectivity index (χ1v) is 11.6. The van der Waals surface area contributed by atoms with Crippen molar-refractivity contribution in [1.29, 1.82) is 0 Å². The summed E-state index contributed by atoms with van der Waals surface area (Å²) >= 11 is 0. The minimum atomic E-state index is -0.783. The maximum atomic E-state index is 12.3. The maximum absolute atomic E-state index is 12.3. The van der Waals surface area contributed by atoms with Crippen molar-refractivity contribution in [3.05, 3.63) is 41.5 Å². The highest BCUT2D eigenvalue weighted by atomic mass is 16.5. The van der Waals surface area contributed by atoms with E-state index in [2.05, 4.69) is 0 Å². The summed E-state index contributed by atoms with van der Waals surface area (Å²) in [5.41, 5.74) is 3.09. The number of carbonyl (C=O) groups is 2. The van der Waals surface area contributed by atoms with Gasteiger partial charge in [0.1, 0.15) is 0 Å². The van der Waals surface area contributed by atoms with E-state index in [0.717, 1.165) is 22.3 Å². The van der Waals surface area contributed by atoms with Crippen LogP contribution in [0.4, 0.5) is 0 Å². The molecule has 1 saturated heterocycles. The fourth-order valence-electron chi connectivity index (χ4n) is 4.91. The third kappa shape index (κ3) is 4.49. The summed E-state index contributed by atoms with van der Waals surface area (Å²) in [6, 6.07) is 9.53. The second-order valence-corrected chi connectivity index (χ2v) is 9.63. The van der Waals surface area contributed by atoms with Crippen LogP contribution in [0.2, 0.25) is 0 Å². The molecule has 0 radical (unpaired) electrons. The topological polar surface area (TPSA) is 91.3 Å². The molecule has 34 heavy (non-hydrogen) atoms. The van der Waals surface area contributed by atoms with Gasteiger partial charge in [0.05, 0.1) is 32.8 Å². The van der Waals surface area contributed by atoms with Crippen LogP contribution in [0, 0.1) is 11.3 Å². The minimum absolute atomic E-state index is 0.156. The molecule has 7 heteroatoms. The third-order valence-corrected chi connectivity index (χ3v) is 6.96. The number of aliphatic carboxylic acids is 1. The summed E-state index contributed by atoms with van der Waals surface area (Å²) < 4.78 is 23.6. The van der Waals surface area contributed by atoms with Crippen LogP contribution in [-0.2, 0) is 16.0 Å². The Morgan fingerprint density at radius 3 is 2.53 bits per heavy atom. The molecule has 2 aliphatic rings. The number of hydrogen-bond donors (Lipinski definition) is 1. The lowest BCUT2D eigenvalue weighted by atomic mass is 9.80. The van der Waals surface area contributed by atoms with Gasteiger partial charge in [0, 0.05) is 29.6 Å². The zero-order valence-corrected chi connectivity index (χ0v) is 20.2. The van der Waals surface area contributed by atoms with Crippen molar-refractivity contribution in [2.45, 2.75) is 45.6 Å². The van der Waals surface area contributed by atoms with Gasteiger partial charge in [0.2, 0.25) is 5.75 Å². The molecule has 2 aromatic carbocycles. The molecule has 0 bridgehead atoms. The van der Waals surface area contributed by atoms with Gasteiger partial charge in [-0.15, -0.1) is 0 Å². The van der Waals surface area contributed by atoms with Gasteiger partial charge in [-0.1, -0.05) is 32.0 Å². The van der Waals surface area contributed by atoms with Crippen molar-refractivity contribution in [2.24, 2.45) is 11.3 Å². The van der Waals surface area contributed by atoms with Gasteiger partial charge in [-0.05, 0) is 42.5 Å². The first-order chi connectivity index (χ1) is 16.3. The number of fused-ring (bicyclic) bond motifs is 1. The predicted octanol–water partition coefficient (Wildman–Crippen LogP) is 4.78. The van der Waals surface area contributed by atoms with Crippen LogP contribution in [0.15, 0.2) is 30.3 Å². The van der Waals surface area contributed by atoms with E-state index in [1.54, 1.807) is 14.2 Å². The molecule has 2 aromatic rings. The molecule has 0 aromatic heterocycles. The molecular weight excluding hydrogens is 436 g/mol. The number of ketones is 1. The summed E-state index contributed by atoms with van der Waals surface area (Å²) in [5.74, 6) is 0.517. The Morgan fingerprint density at radius 2 is 1.82 bits per heavy atom. The zero-order valence-electron chi connectivity index (χ0n) is 20.2. The molecule has 2 atom stereocenters. The third-order valence-electron chi connectivity index (χ3n) is 6.96. The second-order valence-electron chi connectivity index (χ2n) is 9.63. The van der Waals surface area contributed by atoms with Crippen LogP contribution in [0.3, 0.4) is 0 Å². The summed E-state index contributed by atoms with van der Waals surface area (Å²) in [4.78, 5) is 23.9. The van der Waals surface area contributed by atoms with Crippen molar-refractivity contribution in [2.75, 3.05) is 27.4 Å². The van der Waals surface area contributed by atoms with E-state index in [9.17, 15) is 14.7 Å². The van der Waals surface area contributed by atoms with Gasteiger partial charge < -0.3 is 24.1 Å². The summed E-state index contributed by atoms with van der Waals surface area (Å²) in [5, 5.41) is 9.47. The standard InChI is InChI=1S/C27H32O7/c1-27(2,23-14-16(26(29)30)12-13-33-23)15-34-24-20(9-11-22(31-3)25(24)32-4)17-6-5-7-19-18(17)8-10-21(19)28/h5-7,9,11,16,23H,8,10,12-15H2,1-4H3,(H,29,30). The van der Waals surface area contributed by atoms with E-state index in [1.165, 1.54) is 0 Å². The van der Waals surface area contributed by atoms with Gasteiger partial charge in [0.25, 0.3) is 0 Å². The average molecular weight is 469 g/mol. The Morgan fingerprint density at radius 1 is 1.06 bits per heavy atom. The van der Waals surface area contributed by atoms with Crippen molar-refractivity contribution in [3.8, 4) is 28.4 Å². The molecule has 182 valence electrons. The number of Topliss-reactive ketones (excluding diaryl/α,β-unsaturated/α-hetero) is 1. The first kappa shape index (κ1) is 24.1. The molecule has 2 unspecified atom stereocenters. The first-order valence-electron chi connectivity index (χ1n) is 11.6. The maximum Gasteiger partial charge on any atom is 0.306 e. The molecule has 7 nitrogen and oxygen atoms in total. The fourth-order valence-corrected chi connectivity index (χ4v) is 4.91. The van der Waals surface area contributed by atoms with E-state index in [-0.39, 0.29) is 18.5 Å². The smallest absolute Gasteiger partial charge is 0.306 e. The summed E-state index contributed by atoms with van der Waals surface area (Å²) in [7, 11) is 3.15. The van der Waals surface area contributed by atoms with Gasteiger partial charge in [0.15, 0.2) is 17.3 Å². The highest BCUT2D eigenvalue weighted by molar-refractivity contribution is 6.02. The Bertz CT molecular complexity index is 1090. The van der Waals surface area contributed by atoms with Crippen LogP contribution < -0.4 is 14.2 Å². The Kier molecular flexibility index (Phi) is 6.84. The van der Waals surface area contributed by atoms with Crippen LogP contribution >= 0.6 is 0 Å². The number of carboxylic acid groups (broad SMARTS) is 1. The number of ether oxygens (including phenoxy) is 4. The molecule has 0 spiro atoms. The summed E-state index contributed by atoms with van der Waals surface area (Å²) in [6.07, 6.45) is 1.92. The van der Waals surface area contributed by atoms with E-state index >= 15 is 0 Å². The number of rotatable bonds is 8. The largest absolute Gasteiger partial charge is 0.493 e. The lowest BCUT2D eigenvalue weighted by Crippen LogP contribution is -2.43. The molecule has 4 rings (SSSR count). The average Bonchev–Trinajstić information content (AvgIpc) is 3.23. The van der Waals surface area contributed by atoms with Crippen LogP contribution in [0.1, 0.15) is 49.0 Å². The van der Waals surface area contributed by atoms with Crippen molar-refractivity contribution >= 4 is 11.8 Å². The van der Waals surface area contributed by atoms with Gasteiger partial charge in [-0.25, -0.2) is 0 Å². The highest BCUT2D eigenvalue weighted by Crippen LogP contribution is 2.47. The summed E-state index contributed by atoms with van der Waals surface area (Å²) in [6.45, 7) is 4.75. The van der Waals surface area contributed by atoms with Crippen LogP contribution in [0.25, 0.3) is 11.1 Å². The van der Waals surface area contributed by atoms with Crippen molar-refractivity contribution < 1.29 is 33.6 Å². The fraction of sp³-hybridized carbons (Fsp3) is 0.481. The molecule has 1 aliphatic heterocycles. The molecule has 1 heterocycles. The van der Waals surface area contributed by atoms with E-state index in [1.807, 2.05) is 44.2 Å². The second kappa shape index (κ2) is 9.66. The Hall–Kier alpha value is -3.06. The molecule has 1 aliphatic carbocycles. The lowest BCUT2D eigenvalue weighted by molar-refractivity contribution is -0.151. The predicted molar refractivity (Wildman–Crippen MR) is 127 cm³/mol. The van der Waals surface area contributed by atoms with Gasteiger partial charge in [-0.3, -0.25) is 9.59 Å². The zero-order chi connectivity index (χ0) is 24.5. The van der Waals surface area contributed by atoms with Crippen molar-refractivity contribution in [1.82, 2.24) is 0 Å². The quantitative estimate of drug-likeness (QED) is 0.596. The molecule has 0 amide bonds. The molecule has 0 saturated carbocycles. The van der Waals surface area contributed by atoms with Crippen LogP contribution in [-0.4, -0.2) is 50.4 Å². The highest BCUT2D eigenvalue weighted by Gasteiger charge is 2.38. The van der Waals surface area contributed by atoms with Crippen LogP contribution in [0.5, 0.6) is 17.2 Å². The monoisotopic (exact) mass is 468 g/mol. The normalized spacial score (nSPS) is 20.1. The number of hydrogen-bond acceptors (Lipinski definition) is 6. The Labute approximate surface area is 200 Å². The number of methoxy groups -OCH3 is 2. The molecular formula is C27H32O7. The van der Waals surface area contributed by atoms with Gasteiger partial charge >= 0.3 is 5.97 Å². The SMILES string of the molecule is COc1ccc(-c2cccc3c2CCC3=O)c(OCC(C)(C)C2CC(C(=O)O)CCO2)c1OC. The van der Waals surface area contributed by atoms with E-state index < -0.39 is 17.3 Å². The molecule has 1 N–H and O–H groups in total. The Balaban J connectivity index is 1.69. The molecule has 1 fully saturated rings. The minimum Gasteiger partial charge on any atom is -0.493 e. The van der Waals surface area contributed by atoms with E-state index in [4.69, 9.17) is 18.9 Å². The lowest BCUT2D eigenvalue weighted by Gasteiger charge is -2.38. The number of benzene rings is 2. The number of carboxylic acids is 1.